The van der Waals surface area contributed by atoms with Gasteiger partial charge < -0.3 is 18.9 Å². The average Bonchev–Trinajstić information content (AvgIpc) is 3.41. The number of carbonyl (C=O) groups is 1. The highest BCUT2D eigenvalue weighted by molar-refractivity contribution is 6.31. The van der Waals surface area contributed by atoms with E-state index in [1.165, 1.54) is 0 Å². The Morgan fingerprint density at radius 2 is 1.93 bits per heavy atom. The van der Waals surface area contributed by atoms with Gasteiger partial charge in [0.2, 0.25) is 6.79 Å². The molecule has 3 aromatic rings. The van der Waals surface area contributed by atoms with E-state index in [1.807, 2.05) is 41.4 Å². The molecule has 4 rings (SSSR count). The third-order valence-corrected chi connectivity index (χ3v) is 5.93. The Hall–Kier alpha value is -2.92. The number of rotatable bonds is 7. The van der Waals surface area contributed by atoms with Gasteiger partial charge in [0.25, 0.3) is 5.91 Å². The van der Waals surface area contributed by atoms with Crippen molar-refractivity contribution >= 4 is 17.5 Å². The fourth-order valence-electron chi connectivity index (χ4n) is 3.58. The van der Waals surface area contributed by atoms with Crippen molar-refractivity contribution in [2.75, 3.05) is 6.79 Å². The highest BCUT2D eigenvalue weighted by Crippen LogP contribution is 2.33. The molecule has 0 N–H and O–H groups in total. The summed E-state index contributed by atoms with van der Waals surface area (Å²) in [5, 5.41) is 0.743. The summed E-state index contributed by atoms with van der Waals surface area (Å²) < 4.78 is 13.0. The van der Waals surface area contributed by atoms with Crippen LogP contribution in [0.15, 0.2) is 60.8 Å². The largest absolute Gasteiger partial charge is 0.454 e. The van der Waals surface area contributed by atoms with E-state index in [0.29, 0.717) is 30.2 Å². The lowest BCUT2D eigenvalue weighted by atomic mass is 10.1. The van der Waals surface area contributed by atoms with E-state index in [2.05, 4.69) is 24.5 Å². The Kier molecular flexibility index (Phi) is 6.00. The lowest BCUT2D eigenvalue weighted by molar-refractivity contribution is 0.0666. The summed E-state index contributed by atoms with van der Waals surface area (Å²) in [6, 6.07) is 17.3. The van der Waals surface area contributed by atoms with Gasteiger partial charge in [-0.05, 0) is 55.3 Å². The van der Waals surface area contributed by atoms with Crippen molar-refractivity contribution in [1.29, 1.82) is 0 Å². The van der Waals surface area contributed by atoms with Crippen molar-refractivity contribution in [3.8, 4) is 11.5 Å². The third-order valence-electron chi connectivity index (χ3n) is 5.56. The molecule has 1 amide bonds. The van der Waals surface area contributed by atoms with Gasteiger partial charge in [0, 0.05) is 35.1 Å². The normalized spacial score (nSPS) is 13.3. The summed E-state index contributed by atoms with van der Waals surface area (Å²) in [7, 11) is 0. The Morgan fingerprint density at radius 3 is 2.73 bits per heavy atom. The fourth-order valence-corrected chi connectivity index (χ4v) is 3.77. The SMILES string of the molecule is CC[C@@H](C)N(Cc1cccn1Cc1ccccc1Cl)C(=O)c1ccc2c(c1)OCO2. The third kappa shape index (κ3) is 4.17. The van der Waals surface area contributed by atoms with Crippen molar-refractivity contribution in [3.63, 3.8) is 0 Å². The second kappa shape index (κ2) is 8.84. The number of ether oxygens (including phenoxy) is 2. The van der Waals surface area contributed by atoms with E-state index >= 15 is 0 Å². The van der Waals surface area contributed by atoms with E-state index in [1.54, 1.807) is 18.2 Å². The van der Waals surface area contributed by atoms with Gasteiger partial charge in [0.1, 0.15) is 0 Å². The highest BCUT2D eigenvalue weighted by atomic mass is 35.5. The van der Waals surface area contributed by atoms with Gasteiger partial charge >= 0.3 is 0 Å². The van der Waals surface area contributed by atoms with Crippen LogP contribution in [0.1, 0.15) is 41.9 Å². The summed E-state index contributed by atoms with van der Waals surface area (Å²) in [4.78, 5) is 15.3. The molecule has 2 heterocycles. The standard InChI is InChI=1S/C24H25ClN2O3/c1-3-17(2)27(24(28)18-10-11-22-23(13-18)30-16-29-22)15-20-8-6-12-26(20)14-19-7-4-5-9-21(19)25/h4-13,17H,3,14-16H2,1-2H3/t17-/m1/s1. The number of aromatic nitrogens is 1. The number of carbonyl (C=O) groups excluding carboxylic acids is 1. The molecule has 1 aliphatic heterocycles. The molecule has 6 heteroatoms. The van der Waals surface area contributed by atoms with Crippen molar-refractivity contribution in [3.05, 3.63) is 82.6 Å². The van der Waals surface area contributed by atoms with Crippen LogP contribution in [-0.2, 0) is 13.1 Å². The predicted octanol–water partition coefficient (Wildman–Crippen LogP) is 5.36. The Morgan fingerprint density at radius 1 is 1.13 bits per heavy atom. The fraction of sp³-hybridized carbons (Fsp3) is 0.292. The zero-order valence-electron chi connectivity index (χ0n) is 17.2. The Bertz CT molecular complexity index is 1050. The van der Waals surface area contributed by atoms with E-state index in [-0.39, 0.29) is 18.7 Å². The van der Waals surface area contributed by atoms with Gasteiger partial charge in [0.15, 0.2) is 11.5 Å². The minimum absolute atomic E-state index is 0.0202. The maximum atomic E-state index is 13.4. The van der Waals surface area contributed by atoms with Gasteiger partial charge in [-0.25, -0.2) is 0 Å². The number of benzene rings is 2. The molecular weight excluding hydrogens is 400 g/mol. The molecule has 5 nitrogen and oxygen atoms in total. The van der Waals surface area contributed by atoms with Crippen LogP contribution in [0.4, 0.5) is 0 Å². The van der Waals surface area contributed by atoms with Gasteiger partial charge in [-0.3, -0.25) is 4.79 Å². The first-order valence-corrected chi connectivity index (χ1v) is 10.5. The lowest BCUT2D eigenvalue weighted by Crippen LogP contribution is -2.38. The molecule has 0 aliphatic carbocycles. The summed E-state index contributed by atoms with van der Waals surface area (Å²) >= 11 is 6.35. The molecule has 1 atom stereocenters. The molecule has 0 saturated carbocycles. The zero-order chi connectivity index (χ0) is 21.1. The Labute approximate surface area is 181 Å². The van der Waals surface area contributed by atoms with Crippen LogP contribution in [-0.4, -0.2) is 28.2 Å². The zero-order valence-corrected chi connectivity index (χ0v) is 17.9. The minimum Gasteiger partial charge on any atom is -0.454 e. The first-order valence-electron chi connectivity index (χ1n) is 10.1. The molecule has 1 aromatic heterocycles. The predicted molar refractivity (Wildman–Crippen MR) is 117 cm³/mol. The van der Waals surface area contributed by atoms with E-state index in [4.69, 9.17) is 21.1 Å². The smallest absolute Gasteiger partial charge is 0.254 e. The van der Waals surface area contributed by atoms with Crippen LogP contribution in [0, 0.1) is 0 Å². The highest BCUT2D eigenvalue weighted by Gasteiger charge is 2.24. The first kappa shape index (κ1) is 20.4. The first-order chi connectivity index (χ1) is 14.6. The molecule has 0 unspecified atom stereocenters. The van der Waals surface area contributed by atoms with Crippen LogP contribution in [0.5, 0.6) is 11.5 Å². The number of amides is 1. The molecule has 2 aromatic carbocycles. The molecule has 0 fully saturated rings. The second-order valence-electron chi connectivity index (χ2n) is 7.48. The Balaban J connectivity index is 1.58. The van der Waals surface area contributed by atoms with Gasteiger partial charge in [-0.2, -0.15) is 0 Å². The summed E-state index contributed by atoms with van der Waals surface area (Å²) in [5.41, 5.74) is 2.71. The van der Waals surface area contributed by atoms with Crippen molar-refractivity contribution in [2.45, 2.75) is 39.4 Å². The average molecular weight is 425 g/mol. The maximum absolute atomic E-state index is 13.4. The van der Waals surface area contributed by atoms with Gasteiger partial charge in [-0.1, -0.05) is 36.7 Å². The molecule has 156 valence electrons. The van der Waals surface area contributed by atoms with E-state index in [0.717, 1.165) is 22.7 Å². The van der Waals surface area contributed by atoms with Crippen LogP contribution in [0.3, 0.4) is 0 Å². The molecule has 0 saturated heterocycles. The molecule has 0 radical (unpaired) electrons. The summed E-state index contributed by atoms with van der Waals surface area (Å²) in [5.74, 6) is 1.27. The minimum atomic E-state index is -0.0202. The molecular formula is C24H25ClN2O3. The van der Waals surface area contributed by atoms with E-state index < -0.39 is 0 Å². The molecule has 30 heavy (non-hydrogen) atoms. The molecule has 0 spiro atoms. The van der Waals surface area contributed by atoms with Crippen LogP contribution in [0.2, 0.25) is 5.02 Å². The number of hydrogen-bond donors (Lipinski definition) is 0. The second-order valence-corrected chi connectivity index (χ2v) is 7.88. The topological polar surface area (TPSA) is 43.7 Å². The summed E-state index contributed by atoms with van der Waals surface area (Å²) in [6.45, 7) is 5.53. The monoisotopic (exact) mass is 424 g/mol. The van der Waals surface area contributed by atoms with Crippen LogP contribution >= 0.6 is 11.6 Å². The van der Waals surface area contributed by atoms with Crippen molar-refractivity contribution in [1.82, 2.24) is 9.47 Å². The number of halogens is 1. The van der Waals surface area contributed by atoms with Crippen LogP contribution < -0.4 is 9.47 Å². The van der Waals surface area contributed by atoms with Crippen LogP contribution in [0.25, 0.3) is 0 Å². The molecule has 1 aliphatic rings. The van der Waals surface area contributed by atoms with Crippen molar-refractivity contribution < 1.29 is 14.3 Å². The number of nitrogens with zero attached hydrogens (tertiary/aromatic N) is 2. The quantitative estimate of drug-likeness (QED) is 0.512. The van der Waals surface area contributed by atoms with Gasteiger partial charge in [-0.15, -0.1) is 0 Å². The van der Waals surface area contributed by atoms with Crippen molar-refractivity contribution in [2.24, 2.45) is 0 Å². The summed E-state index contributed by atoms with van der Waals surface area (Å²) in [6.07, 6.45) is 2.89. The van der Waals surface area contributed by atoms with Gasteiger partial charge in [0.05, 0.1) is 6.54 Å². The molecule has 0 bridgehead atoms. The number of fused-ring (bicyclic) bond motifs is 1. The van der Waals surface area contributed by atoms with E-state index in [9.17, 15) is 4.79 Å². The maximum Gasteiger partial charge on any atom is 0.254 e. The lowest BCUT2D eigenvalue weighted by Gasteiger charge is -2.29. The number of hydrogen-bond acceptors (Lipinski definition) is 3.